The average molecular weight is 333 g/mol. The Balaban J connectivity index is 0.00000264. The summed E-state index contributed by atoms with van der Waals surface area (Å²) in [6.07, 6.45) is 5.74. The highest BCUT2D eigenvalue weighted by molar-refractivity contribution is 5.92. The standard InChI is InChI=1S/C17H16N2O3.ClH/c1-13(19-11-5-8-15(12-19)17(18)21)22-16(20)10-9-14-6-3-2-4-7-14;/h2-13H,1H3,(H-,18,21);1H. The summed E-state index contributed by atoms with van der Waals surface area (Å²) in [5, 5.41) is 0. The zero-order chi connectivity index (χ0) is 15.9. The molecule has 5 nitrogen and oxygen atoms in total. The van der Waals surface area contributed by atoms with Crippen LogP contribution >= 0.6 is 0 Å². The quantitative estimate of drug-likeness (QED) is 0.427. The molecule has 0 bridgehead atoms. The van der Waals surface area contributed by atoms with Crippen molar-refractivity contribution in [2.24, 2.45) is 5.73 Å². The fraction of sp³-hybridized carbons (Fsp3) is 0.118. The first-order valence-corrected chi connectivity index (χ1v) is 6.80. The summed E-state index contributed by atoms with van der Waals surface area (Å²) in [4.78, 5) is 23.0. The molecular weight excluding hydrogens is 316 g/mol. The molecule has 6 heteroatoms. The van der Waals surface area contributed by atoms with Gasteiger partial charge in [-0.3, -0.25) is 4.79 Å². The fourth-order valence-corrected chi connectivity index (χ4v) is 1.86. The molecule has 0 aliphatic rings. The number of benzene rings is 1. The molecule has 23 heavy (non-hydrogen) atoms. The smallest absolute Gasteiger partial charge is 0.335 e. The summed E-state index contributed by atoms with van der Waals surface area (Å²) < 4.78 is 6.88. The fourth-order valence-electron chi connectivity index (χ4n) is 1.86. The van der Waals surface area contributed by atoms with E-state index in [2.05, 4.69) is 0 Å². The van der Waals surface area contributed by atoms with Gasteiger partial charge in [0, 0.05) is 19.1 Å². The second-order valence-corrected chi connectivity index (χ2v) is 4.68. The minimum atomic E-state index is -0.549. The highest BCUT2D eigenvalue weighted by Crippen LogP contribution is 2.04. The van der Waals surface area contributed by atoms with Gasteiger partial charge in [-0.2, -0.15) is 4.57 Å². The summed E-state index contributed by atoms with van der Waals surface area (Å²) in [7, 11) is 0. The number of nitrogens with zero attached hydrogens (tertiary/aromatic N) is 1. The third-order valence-corrected chi connectivity index (χ3v) is 3.02. The normalized spacial score (nSPS) is 11.5. The van der Waals surface area contributed by atoms with Crippen molar-refractivity contribution < 1.29 is 31.3 Å². The molecule has 0 saturated carbocycles. The van der Waals surface area contributed by atoms with Gasteiger partial charge in [-0.05, 0) is 17.7 Å². The first-order chi connectivity index (χ1) is 10.6. The number of carbonyl (C=O) groups is 2. The number of halogens is 1. The van der Waals surface area contributed by atoms with Crippen LogP contribution in [0, 0.1) is 0 Å². The third-order valence-electron chi connectivity index (χ3n) is 3.02. The molecule has 1 aromatic heterocycles. The number of pyridine rings is 1. The number of esters is 1. The molecule has 0 aliphatic heterocycles. The van der Waals surface area contributed by atoms with Gasteiger partial charge in [-0.25, -0.2) is 4.79 Å². The van der Waals surface area contributed by atoms with Gasteiger partial charge in [0.25, 0.3) is 5.91 Å². The molecule has 1 amide bonds. The second kappa shape index (κ2) is 8.70. The molecule has 0 fully saturated rings. The molecule has 0 saturated heterocycles. The topological polar surface area (TPSA) is 73.3 Å². The van der Waals surface area contributed by atoms with Crippen LogP contribution in [0.4, 0.5) is 0 Å². The highest BCUT2D eigenvalue weighted by atomic mass is 35.5. The highest BCUT2D eigenvalue weighted by Gasteiger charge is 2.17. The Hall–Kier alpha value is -2.66. The number of aromatic nitrogens is 1. The zero-order valence-electron chi connectivity index (χ0n) is 12.6. The molecule has 120 valence electrons. The number of carbonyl (C=O) groups excluding carboxylic acids is 2. The molecule has 0 spiro atoms. The zero-order valence-corrected chi connectivity index (χ0v) is 13.3. The maximum absolute atomic E-state index is 11.8. The molecular formula is C17H17ClN2O3. The lowest BCUT2D eigenvalue weighted by Gasteiger charge is -2.07. The lowest BCUT2D eigenvalue weighted by molar-refractivity contribution is -0.753. The number of rotatable bonds is 5. The summed E-state index contributed by atoms with van der Waals surface area (Å²) in [5.74, 6) is -0.995. The Bertz CT molecular complexity index is 702. The SMILES string of the molecule is CC(OC(=O)C=Cc1ccccc1)[n+]1cccc(C(N)=O)c1.[Cl-]. The number of amides is 1. The summed E-state index contributed by atoms with van der Waals surface area (Å²) >= 11 is 0. The van der Waals surface area contributed by atoms with E-state index in [1.807, 2.05) is 30.3 Å². The molecule has 1 aromatic carbocycles. The minimum absolute atomic E-state index is 0. The molecule has 1 unspecified atom stereocenters. The van der Waals surface area contributed by atoms with Crippen molar-refractivity contribution in [1.29, 1.82) is 0 Å². The number of hydrogen-bond donors (Lipinski definition) is 1. The first-order valence-electron chi connectivity index (χ1n) is 6.80. The van der Waals surface area contributed by atoms with Gasteiger partial charge in [0.1, 0.15) is 5.56 Å². The molecule has 0 radical (unpaired) electrons. The van der Waals surface area contributed by atoms with Gasteiger partial charge in [-0.15, -0.1) is 0 Å². The second-order valence-electron chi connectivity index (χ2n) is 4.68. The van der Waals surface area contributed by atoms with Gasteiger partial charge < -0.3 is 22.9 Å². The van der Waals surface area contributed by atoms with Crippen LogP contribution in [-0.4, -0.2) is 11.9 Å². The number of nitrogens with two attached hydrogens (primary N) is 1. The maximum atomic E-state index is 11.8. The molecule has 2 N–H and O–H groups in total. The average Bonchev–Trinajstić information content (AvgIpc) is 2.54. The predicted molar refractivity (Wildman–Crippen MR) is 81.4 cm³/mol. The molecule has 1 heterocycles. The first kappa shape index (κ1) is 18.4. The number of hydrogen-bond acceptors (Lipinski definition) is 3. The Labute approximate surface area is 140 Å². The van der Waals surface area contributed by atoms with Crippen molar-refractivity contribution in [3.05, 3.63) is 72.1 Å². The molecule has 2 rings (SSSR count). The third kappa shape index (κ3) is 5.56. The van der Waals surface area contributed by atoms with Crippen molar-refractivity contribution in [3.8, 4) is 0 Å². The lowest BCUT2D eigenvalue weighted by atomic mass is 10.2. The summed E-state index contributed by atoms with van der Waals surface area (Å²) in [5.41, 5.74) is 6.49. The van der Waals surface area contributed by atoms with Gasteiger partial charge in [0.05, 0.1) is 0 Å². The van der Waals surface area contributed by atoms with Gasteiger partial charge in [0.2, 0.25) is 0 Å². The Morgan fingerprint density at radius 1 is 1.17 bits per heavy atom. The summed E-state index contributed by atoms with van der Waals surface area (Å²) in [6.45, 7) is 1.71. The summed E-state index contributed by atoms with van der Waals surface area (Å²) in [6, 6.07) is 12.7. The van der Waals surface area contributed by atoms with Crippen LogP contribution in [0.15, 0.2) is 60.9 Å². The van der Waals surface area contributed by atoms with Crippen molar-refractivity contribution in [2.45, 2.75) is 13.2 Å². The van der Waals surface area contributed by atoms with E-state index >= 15 is 0 Å². The van der Waals surface area contributed by atoms with Crippen molar-refractivity contribution in [3.63, 3.8) is 0 Å². The predicted octanol–water partition coefficient (Wildman–Crippen LogP) is -1.15. The minimum Gasteiger partial charge on any atom is -1.00 e. The number of primary amides is 1. The van der Waals surface area contributed by atoms with E-state index in [1.165, 1.54) is 6.08 Å². The molecule has 1 atom stereocenters. The largest absolute Gasteiger partial charge is 1.00 e. The Morgan fingerprint density at radius 3 is 2.52 bits per heavy atom. The van der Waals surface area contributed by atoms with E-state index in [4.69, 9.17) is 10.5 Å². The van der Waals surface area contributed by atoms with Crippen LogP contribution in [0.5, 0.6) is 0 Å². The van der Waals surface area contributed by atoms with Crippen molar-refractivity contribution >= 4 is 18.0 Å². The van der Waals surface area contributed by atoms with Crippen LogP contribution in [0.3, 0.4) is 0 Å². The maximum Gasteiger partial charge on any atom is 0.335 e. The van der Waals surface area contributed by atoms with E-state index in [-0.39, 0.29) is 12.4 Å². The van der Waals surface area contributed by atoms with E-state index in [9.17, 15) is 9.59 Å². The van der Waals surface area contributed by atoms with Crippen molar-refractivity contribution in [1.82, 2.24) is 0 Å². The molecule has 0 aliphatic carbocycles. The lowest BCUT2D eigenvalue weighted by Crippen LogP contribution is -3.00. The van der Waals surface area contributed by atoms with E-state index < -0.39 is 18.1 Å². The van der Waals surface area contributed by atoms with Gasteiger partial charge in [-0.1, -0.05) is 30.3 Å². The van der Waals surface area contributed by atoms with Crippen LogP contribution in [0.1, 0.15) is 29.1 Å². The monoisotopic (exact) mass is 332 g/mol. The van der Waals surface area contributed by atoms with E-state index in [0.717, 1.165) is 5.56 Å². The van der Waals surface area contributed by atoms with E-state index in [0.29, 0.717) is 5.56 Å². The number of ether oxygens (including phenoxy) is 1. The van der Waals surface area contributed by atoms with Crippen LogP contribution in [0.25, 0.3) is 6.08 Å². The van der Waals surface area contributed by atoms with Gasteiger partial charge in [0.15, 0.2) is 12.4 Å². The van der Waals surface area contributed by atoms with Gasteiger partial charge >= 0.3 is 12.2 Å². The van der Waals surface area contributed by atoms with Crippen molar-refractivity contribution in [2.75, 3.05) is 0 Å². The molecule has 2 aromatic rings. The Kier molecular flexibility index (Phi) is 6.96. The van der Waals surface area contributed by atoms with E-state index in [1.54, 1.807) is 42.1 Å². The van der Waals surface area contributed by atoms with Crippen LogP contribution < -0.4 is 22.7 Å². The Morgan fingerprint density at radius 2 is 1.87 bits per heavy atom. The van der Waals surface area contributed by atoms with Crippen LogP contribution in [-0.2, 0) is 9.53 Å². The van der Waals surface area contributed by atoms with Crippen LogP contribution in [0.2, 0.25) is 0 Å².